The lowest BCUT2D eigenvalue weighted by Crippen LogP contribution is -2.11. The first kappa shape index (κ1) is 17.7. The minimum Gasteiger partial charge on any atom is -0.306 e. The van der Waals surface area contributed by atoms with Gasteiger partial charge in [-0.3, -0.25) is 9.48 Å². The molecule has 0 radical (unpaired) electrons. The molecular weight excluding hydrogens is 380 g/mol. The van der Waals surface area contributed by atoms with Crippen LogP contribution in [0.15, 0.2) is 48.7 Å². The quantitative estimate of drug-likeness (QED) is 0.524. The standard InChI is InChI=1S/C20H17ClN4OS/c1-12-7-8-22-18(9-12)23-19(26)17-10-15-13(2)24-25(20(15)27-17)11-14-5-3-4-6-16(14)21/h3-10H,11H2,1-2H3,(H,22,23,26). The topological polar surface area (TPSA) is 59.8 Å². The Hall–Kier alpha value is -2.70. The lowest BCUT2D eigenvalue weighted by molar-refractivity contribution is 0.103. The predicted octanol–water partition coefficient (Wildman–Crippen LogP) is 5.06. The molecule has 136 valence electrons. The summed E-state index contributed by atoms with van der Waals surface area (Å²) in [6.45, 7) is 4.47. The van der Waals surface area contributed by atoms with Crippen LogP contribution in [0.4, 0.5) is 5.82 Å². The molecule has 0 fully saturated rings. The maximum atomic E-state index is 12.6. The van der Waals surface area contributed by atoms with Gasteiger partial charge >= 0.3 is 0 Å². The number of carbonyl (C=O) groups excluding carboxylic acids is 1. The average molecular weight is 397 g/mol. The van der Waals surface area contributed by atoms with E-state index in [1.165, 1.54) is 11.3 Å². The van der Waals surface area contributed by atoms with Gasteiger partial charge in [0, 0.05) is 16.6 Å². The van der Waals surface area contributed by atoms with E-state index in [1.807, 2.05) is 61.0 Å². The molecule has 0 spiro atoms. The molecule has 0 saturated heterocycles. The predicted molar refractivity (Wildman–Crippen MR) is 110 cm³/mol. The van der Waals surface area contributed by atoms with Crippen molar-refractivity contribution in [1.29, 1.82) is 0 Å². The zero-order valence-electron chi connectivity index (χ0n) is 14.9. The third kappa shape index (κ3) is 3.59. The SMILES string of the molecule is Cc1ccnc(NC(=O)c2cc3c(C)nn(Cc4ccccc4Cl)c3s2)c1. The van der Waals surface area contributed by atoms with Crippen molar-refractivity contribution in [3.63, 3.8) is 0 Å². The molecular formula is C20H17ClN4OS. The van der Waals surface area contributed by atoms with Crippen LogP contribution in [0, 0.1) is 13.8 Å². The van der Waals surface area contributed by atoms with Crippen LogP contribution in [0.25, 0.3) is 10.2 Å². The van der Waals surface area contributed by atoms with E-state index in [9.17, 15) is 4.79 Å². The number of anilines is 1. The summed E-state index contributed by atoms with van der Waals surface area (Å²) in [5.41, 5.74) is 2.93. The van der Waals surface area contributed by atoms with E-state index in [1.54, 1.807) is 6.20 Å². The summed E-state index contributed by atoms with van der Waals surface area (Å²) in [5.74, 6) is 0.380. The number of halogens is 1. The van der Waals surface area contributed by atoms with E-state index in [-0.39, 0.29) is 5.91 Å². The smallest absolute Gasteiger partial charge is 0.266 e. The zero-order valence-corrected chi connectivity index (χ0v) is 16.4. The molecule has 1 amide bonds. The summed E-state index contributed by atoms with van der Waals surface area (Å²) in [4.78, 5) is 18.4. The minimum atomic E-state index is -0.169. The molecule has 27 heavy (non-hydrogen) atoms. The first-order valence-electron chi connectivity index (χ1n) is 8.45. The molecule has 5 nitrogen and oxygen atoms in total. The van der Waals surface area contributed by atoms with Crippen molar-refractivity contribution >= 4 is 44.9 Å². The van der Waals surface area contributed by atoms with Crippen molar-refractivity contribution in [2.75, 3.05) is 5.32 Å². The first-order valence-corrected chi connectivity index (χ1v) is 9.65. The van der Waals surface area contributed by atoms with E-state index in [4.69, 9.17) is 11.6 Å². The third-order valence-electron chi connectivity index (χ3n) is 4.27. The molecule has 0 aliphatic heterocycles. The van der Waals surface area contributed by atoms with Gasteiger partial charge in [-0.1, -0.05) is 29.8 Å². The molecule has 1 N–H and O–H groups in total. The second-order valence-corrected chi connectivity index (χ2v) is 7.77. The van der Waals surface area contributed by atoms with E-state index in [2.05, 4.69) is 15.4 Å². The van der Waals surface area contributed by atoms with Crippen molar-refractivity contribution in [3.8, 4) is 0 Å². The largest absolute Gasteiger partial charge is 0.306 e. The lowest BCUT2D eigenvalue weighted by Gasteiger charge is -2.05. The van der Waals surface area contributed by atoms with Crippen molar-refractivity contribution in [2.45, 2.75) is 20.4 Å². The fourth-order valence-electron chi connectivity index (χ4n) is 2.90. The van der Waals surface area contributed by atoms with Gasteiger partial charge in [0.1, 0.15) is 10.6 Å². The first-order chi connectivity index (χ1) is 13.0. The molecule has 0 bridgehead atoms. The molecule has 3 aromatic heterocycles. The summed E-state index contributed by atoms with van der Waals surface area (Å²) in [7, 11) is 0. The van der Waals surface area contributed by atoms with Gasteiger partial charge in [-0.15, -0.1) is 11.3 Å². The van der Waals surface area contributed by atoms with Crippen LogP contribution in [0.5, 0.6) is 0 Å². The third-order valence-corrected chi connectivity index (χ3v) is 5.78. The summed E-state index contributed by atoms with van der Waals surface area (Å²) in [6, 6.07) is 13.3. The molecule has 1 aromatic carbocycles. The number of aromatic nitrogens is 3. The van der Waals surface area contributed by atoms with Gasteiger partial charge in [-0.2, -0.15) is 5.10 Å². The Morgan fingerprint density at radius 3 is 2.81 bits per heavy atom. The maximum absolute atomic E-state index is 12.6. The Labute approximate surface area is 165 Å². The van der Waals surface area contributed by atoms with Crippen LogP contribution in [0.1, 0.15) is 26.5 Å². The fraction of sp³-hybridized carbons (Fsp3) is 0.150. The molecule has 7 heteroatoms. The number of carbonyl (C=O) groups is 1. The van der Waals surface area contributed by atoms with Crippen molar-refractivity contribution in [1.82, 2.24) is 14.8 Å². The number of thiophene rings is 1. The summed E-state index contributed by atoms with van der Waals surface area (Å²) in [5, 5.41) is 9.15. The highest BCUT2D eigenvalue weighted by atomic mass is 35.5. The Bertz CT molecular complexity index is 1150. The van der Waals surface area contributed by atoms with Gasteiger partial charge in [0.25, 0.3) is 5.91 Å². The Morgan fingerprint density at radius 2 is 2.04 bits per heavy atom. The number of amides is 1. The van der Waals surface area contributed by atoms with E-state index < -0.39 is 0 Å². The lowest BCUT2D eigenvalue weighted by atomic mass is 10.2. The normalized spacial score (nSPS) is 11.1. The summed E-state index contributed by atoms with van der Waals surface area (Å²) >= 11 is 7.70. The van der Waals surface area contributed by atoms with Gasteiger partial charge in [-0.05, 0) is 49.2 Å². The van der Waals surface area contributed by atoms with Crippen LogP contribution >= 0.6 is 22.9 Å². The van der Waals surface area contributed by atoms with Crippen LogP contribution in [-0.2, 0) is 6.54 Å². The molecule has 3 heterocycles. The van der Waals surface area contributed by atoms with E-state index in [0.717, 1.165) is 27.0 Å². The highest BCUT2D eigenvalue weighted by Gasteiger charge is 2.17. The number of hydrogen-bond acceptors (Lipinski definition) is 4. The van der Waals surface area contributed by atoms with Gasteiger partial charge in [0.05, 0.1) is 17.1 Å². The molecule has 0 aliphatic rings. The van der Waals surface area contributed by atoms with Gasteiger partial charge < -0.3 is 5.32 Å². The highest BCUT2D eigenvalue weighted by Crippen LogP contribution is 2.30. The molecule has 4 aromatic rings. The van der Waals surface area contributed by atoms with Gasteiger partial charge in [-0.25, -0.2) is 4.98 Å². The highest BCUT2D eigenvalue weighted by molar-refractivity contribution is 7.20. The molecule has 0 unspecified atom stereocenters. The van der Waals surface area contributed by atoms with Crippen molar-refractivity contribution < 1.29 is 4.79 Å². The number of nitrogens with zero attached hydrogens (tertiary/aromatic N) is 3. The molecule has 4 rings (SSSR count). The zero-order chi connectivity index (χ0) is 19.0. The summed E-state index contributed by atoms with van der Waals surface area (Å²) in [6.07, 6.45) is 1.68. The molecule has 0 aliphatic carbocycles. The number of fused-ring (bicyclic) bond motifs is 1. The fourth-order valence-corrected chi connectivity index (χ4v) is 4.15. The summed E-state index contributed by atoms with van der Waals surface area (Å²) < 4.78 is 1.90. The minimum absolute atomic E-state index is 0.169. The molecule has 0 atom stereocenters. The van der Waals surface area contributed by atoms with Crippen LogP contribution in [0.3, 0.4) is 0 Å². The molecule has 0 saturated carbocycles. The van der Waals surface area contributed by atoms with E-state index >= 15 is 0 Å². The van der Waals surface area contributed by atoms with Gasteiger partial charge in [0.2, 0.25) is 0 Å². The number of nitrogens with one attached hydrogen (secondary N) is 1. The second-order valence-electron chi connectivity index (χ2n) is 6.34. The number of hydrogen-bond donors (Lipinski definition) is 1. The Kier molecular flexibility index (Phi) is 4.68. The van der Waals surface area contributed by atoms with Crippen LogP contribution in [0.2, 0.25) is 5.02 Å². The van der Waals surface area contributed by atoms with E-state index in [0.29, 0.717) is 22.3 Å². The number of pyridine rings is 1. The number of benzene rings is 1. The van der Waals surface area contributed by atoms with Crippen LogP contribution in [-0.4, -0.2) is 20.7 Å². The number of rotatable bonds is 4. The van der Waals surface area contributed by atoms with Crippen molar-refractivity contribution in [3.05, 3.63) is 75.4 Å². The number of aryl methyl sites for hydroxylation is 2. The monoisotopic (exact) mass is 396 g/mol. The maximum Gasteiger partial charge on any atom is 0.266 e. The van der Waals surface area contributed by atoms with Crippen molar-refractivity contribution in [2.24, 2.45) is 0 Å². The second kappa shape index (κ2) is 7.13. The Balaban J connectivity index is 1.64. The van der Waals surface area contributed by atoms with Gasteiger partial charge in [0.15, 0.2) is 0 Å². The Morgan fingerprint density at radius 1 is 1.22 bits per heavy atom. The van der Waals surface area contributed by atoms with Crippen LogP contribution < -0.4 is 5.32 Å². The average Bonchev–Trinajstić information content (AvgIpc) is 3.19.